The molecule has 0 saturated carbocycles. The Balaban J connectivity index is 1.53. The Hall–Kier alpha value is -1.22. The molecule has 0 spiro atoms. The summed E-state index contributed by atoms with van der Waals surface area (Å²) >= 11 is 11.7. The van der Waals surface area contributed by atoms with Gasteiger partial charge in [-0.3, -0.25) is 4.90 Å². The third-order valence-corrected chi connectivity index (χ3v) is 6.32. The lowest BCUT2D eigenvalue weighted by Gasteiger charge is -2.44. The number of carbonyl (C=O) groups is 1. The van der Waals surface area contributed by atoms with Crippen molar-refractivity contribution >= 4 is 39.6 Å². The van der Waals surface area contributed by atoms with E-state index in [0.29, 0.717) is 6.04 Å². The maximum Gasteiger partial charge on any atom is 0.423 e. The van der Waals surface area contributed by atoms with Gasteiger partial charge in [0.25, 0.3) is 0 Å². The van der Waals surface area contributed by atoms with Gasteiger partial charge < -0.3 is 8.92 Å². The first-order valence-corrected chi connectivity index (χ1v) is 11.1. The molecule has 7 nitrogen and oxygen atoms in total. The van der Waals surface area contributed by atoms with E-state index in [0.717, 1.165) is 32.4 Å². The number of rotatable bonds is 5. The van der Waals surface area contributed by atoms with Crippen molar-refractivity contribution in [2.75, 3.05) is 19.7 Å². The molecule has 1 aromatic rings. The second-order valence-electron chi connectivity index (χ2n) is 6.81. The Morgan fingerprint density at radius 2 is 1.96 bits per heavy atom. The van der Waals surface area contributed by atoms with Crippen LogP contribution in [-0.2, 0) is 15.0 Å². The molecule has 2 aliphatic rings. The molecule has 1 unspecified atom stereocenters. The highest BCUT2D eigenvalue weighted by atomic mass is 35.5. The second-order valence-corrected chi connectivity index (χ2v) is 8.94. The van der Waals surface area contributed by atoms with E-state index in [4.69, 9.17) is 32.1 Å². The van der Waals surface area contributed by atoms with Crippen LogP contribution in [0, 0.1) is 5.92 Å². The Morgan fingerprint density at radius 1 is 1.19 bits per heavy atom. The van der Waals surface area contributed by atoms with Crippen molar-refractivity contribution in [3.8, 4) is 5.75 Å². The molecule has 150 valence electrons. The Bertz CT molecular complexity index is 788. The molecule has 1 N–H and O–H groups in total. The molecule has 0 aliphatic carbocycles. The Morgan fingerprint density at radius 3 is 2.78 bits per heavy atom. The van der Waals surface area contributed by atoms with Crippen molar-refractivity contribution in [3.63, 3.8) is 0 Å². The number of hydrogen-bond donors (Lipinski definition) is 1. The molecule has 2 heterocycles. The van der Waals surface area contributed by atoms with Gasteiger partial charge in [0.2, 0.25) is 0 Å². The first-order valence-electron chi connectivity index (χ1n) is 8.92. The fourth-order valence-corrected chi connectivity index (χ4v) is 4.81. The lowest BCUT2D eigenvalue weighted by molar-refractivity contribution is 0.0244. The zero-order valence-corrected chi connectivity index (χ0v) is 17.0. The molecule has 3 rings (SSSR count). The van der Waals surface area contributed by atoms with Crippen LogP contribution >= 0.6 is 23.2 Å². The van der Waals surface area contributed by atoms with Gasteiger partial charge >= 0.3 is 16.4 Å². The van der Waals surface area contributed by atoms with Gasteiger partial charge in [-0.25, -0.2) is 4.79 Å². The van der Waals surface area contributed by atoms with Gasteiger partial charge in [0, 0.05) is 23.0 Å². The summed E-state index contributed by atoms with van der Waals surface area (Å²) < 4.78 is 35.7. The summed E-state index contributed by atoms with van der Waals surface area (Å²) in [5.74, 6) is 0.0467. The van der Waals surface area contributed by atoms with Crippen molar-refractivity contribution < 1.29 is 22.1 Å². The van der Waals surface area contributed by atoms with Gasteiger partial charge in [-0.05, 0) is 50.9 Å². The standard InChI is InChI=1S/C17H22Cl2N2O5S/c18-13-6-7-14(19)16(10-13)26-27(23,24)20-17(22)25-11-12-4-3-9-21-8-2-1-5-15(12)21/h6-7,10,12,15H,1-5,8-9,11H2,(H,20,22)/t12-,15?/m0/s1. The van der Waals surface area contributed by atoms with Crippen LogP contribution < -0.4 is 8.91 Å². The quantitative estimate of drug-likeness (QED) is 0.758. The second kappa shape index (κ2) is 8.86. The van der Waals surface area contributed by atoms with Crippen LogP contribution in [0.5, 0.6) is 5.75 Å². The van der Waals surface area contributed by atoms with Crippen LogP contribution in [0.2, 0.25) is 10.0 Å². The third-order valence-electron chi connectivity index (χ3n) is 4.96. The summed E-state index contributed by atoms with van der Waals surface area (Å²) in [5, 5.41) is 0.305. The van der Waals surface area contributed by atoms with E-state index in [-0.39, 0.29) is 28.3 Å². The topological polar surface area (TPSA) is 84.9 Å². The molecular formula is C17H22Cl2N2O5S. The van der Waals surface area contributed by atoms with Crippen LogP contribution in [-0.4, -0.2) is 45.1 Å². The van der Waals surface area contributed by atoms with Gasteiger partial charge in [0.1, 0.15) is 0 Å². The van der Waals surface area contributed by atoms with E-state index in [1.165, 1.54) is 31.0 Å². The Labute approximate surface area is 169 Å². The highest BCUT2D eigenvalue weighted by Gasteiger charge is 2.34. The van der Waals surface area contributed by atoms with Crippen molar-refractivity contribution in [3.05, 3.63) is 28.2 Å². The molecule has 2 atom stereocenters. The fraction of sp³-hybridized carbons (Fsp3) is 0.588. The zero-order valence-electron chi connectivity index (χ0n) is 14.7. The number of halogens is 2. The van der Waals surface area contributed by atoms with Crippen LogP contribution in [0.1, 0.15) is 32.1 Å². The van der Waals surface area contributed by atoms with E-state index in [1.807, 2.05) is 0 Å². The number of amides is 1. The minimum atomic E-state index is -4.43. The van der Waals surface area contributed by atoms with E-state index in [9.17, 15) is 13.2 Å². The van der Waals surface area contributed by atoms with Crippen molar-refractivity contribution in [2.24, 2.45) is 5.92 Å². The number of nitrogens with zero attached hydrogens (tertiary/aromatic N) is 1. The summed E-state index contributed by atoms with van der Waals surface area (Å²) in [6.45, 7) is 2.34. The number of hydrogen-bond acceptors (Lipinski definition) is 6. The maximum absolute atomic E-state index is 12.0. The van der Waals surface area contributed by atoms with E-state index < -0.39 is 16.4 Å². The normalized spacial score (nSPS) is 23.3. The summed E-state index contributed by atoms with van der Waals surface area (Å²) in [4.78, 5) is 14.4. The van der Waals surface area contributed by atoms with Crippen molar-refractivity contribution in [2.45, 2.75) is 38.1 Å². The maximum atomic E-state index is 12.0. The highest BCUT2D eigenvalue weighted by Crippen LogP contribution is 2.31. The largest absolute Gasteiger partial charge is 0.448 e. The molecule has 10 heteroatoms. The number of piperidine rings is 2. The molecule has 2 fully saturated rings. The molecule has 1 amide bonds. The fourth-order valence-electron chi connectivity index (χ4n) is 3.77. The average Bonchev–Trinajstić information content (AvgIpc) is 2.62. The van der Waals surface area contributed by atoms with E-state index in [1.54, 1.807) is 4.72 Å². The molecule has 0 radical (unpaired) electrons. The SMILES string of the molecule is O=C(NS(=O)(=O)Oc1cc(Cl)ccc1Cl)OC[C@@H]1CCCN2CCCCC12. The summed E-state index contributed by atoms with van der Waals surface area (Å²) in [7, 11) is -4.43. The molecule has 0 bridgehead atoms. The number of benzene rings is 1. The predicted octanol–water partition coefficient (Wildman–Crippen LogP) is 3.61. The van der Waals surface area contributed by atoms with Gasteiger partial charge in [0.15, 0.2) is 5.75 Å². The van der Waals surface area contributed by atoms with Crippen LogP contribution in [0.4, 0.5) is 4.79 Å². The van der Waals surface area contributed by atoms with Gasteiger partial charge in [-0.1, -0.05) is 29.6 Å². The predicted molar refractivity (Wildman–Crippen MR) is 102 cm³/mol. The summed E-state index contributed by atoms with van der Waals surface area (Å²) in [5.41, 5.74) is 0. The molecule has 27 heavy (non-hydrogen) atoms. The van der Waals surface area contributed by atoms with Gasteiger partial charge in [0.05, 0.1) is 11.6 Å². The molecular weight excluding hydrogens is 415 g/mol. The molecule has 0 aromatic heterocycles. The molecule has 2 aliphatic heterocycles. The van der Waals surface area contributed by atoms with E-state index in [2.05, 4.69) is 4.90 Å². The van der Waals surface area contributed by atoms with Crippen LogP contribution in [0.15, 0.2) is 18.2 Å². The first kappa shape index (κ1) is 20.5. The monoisotopic (exact) mass is 436 g/mol. The minimum absolute atomic E-state index is 0.0535. The first-order chi connectivity index (χ1) is 12.8. The number of nitrogens with one attached hydrogen (secondary N) is 1. The number of ether oxygens (including phenoxy) is 1. The van der Waals surface area contributed by atoms with E-state index >= 15 is 0 Å². The van der Waals surface area contributed by atoms with Crippen molar-refractivity contribution in [1.29, 1.82) is 0 Å². The highest BCUT2D eigenvalue weighted by molar-refractivity contribution is 7.85. The minimum Gasteiger partial charge on any atom is -0.448 e. The number of fused-ring (bicyclic) bond motifs is 1. The van der Waals surface area contributed by atoms with Crippen LogP contribution in [0.3, 0.4) is 0 Å². The van der Waals surface area contributed by atoms with Gasteiger partial charge in [-0.2, -0.15) is 13.1 Å². The lowest BCUT2D eigenvalue weighted by Crippen LogP contribution is -2.49. The van der Waals surface area contributed by atoms with Gasteiger partial charge in [-0.15, -0.1) is 0 Å². The van der Waals surface area contributed by atoms with Crippen molar-refractivity contribution in [1.82, 2.24) is 9.62 Å². The zero-order chi connectivity index (χ0) is 19.4. The third kappa shape index (κ3) is 5.63. The lowest BCUT2D eigenvalue weighted by atomic mass is 9.84. The molecule has 2 saturated heterocycles. The number of carbonyl (C=O) groups excluding carboxylic acids is 1. The average molecular weight is 437 g/mol. The Kier molecular flexibility index (Phi) is 6.73. The smallest absolute Gasteiger partial charge is 0.423 e. The van der Waals surface area contributed by atoms with Crippen LogP contribution in [0.25, 0.3) is 0 Å². The molecule has 1 aromatic carbocycles. The summed E-state index contributed by atoms with van der Waals surface area (Å²) in [6, 6.07) is 4.53. The summed E-state index contributed by atoms with van der Waals surface area (Å²) in [6.07, 6.45) is 4.42.